The molecule has 1 aliphatic rings. The molecule has 2 heterocycles. The molecular weight excluding hydrogens is 284 g/mol. The van der Waals surface area contributed by atoms with Gasteiger partial charge in [-0.15, -0.1) is 0 Å². The predicted molar refractivity (Wildman–Crippen MR) is 82.7 cm³/mol. The lowest BCUT2D eigenvalue weighted by atomic mass is 10.2. The van der Waals surface area contributed by atoms with Crippen molar-refractivity contribution in [3.63, 3.8) is 0 Å². The van der Waals surface area contributed by atoms with E-state index in [4.69, 9.17) is 14.2 Å². The molecule has 1 aromatic heterocycles. The molecule has 0 saturated carbocycles. The van der Waals surface area contributed by atoms with Gasteiger partial charge in [0.05, 0.1) is 20.3 Å². The standard InChI is InChI=1S/C16H20N2O4/c1-20-14-7-10-6-13(18-12(10)8-15(14)21-2)16(19)17-9-11-4-3-5-22-11/h6-8,11,18H,3-5,9H2,1-2H3,(H,17,19)/t11-/m0/s1. The Bertz CT molecular complexity index is 633. The van der Waals surface area contributed by atoms with E-state index >= 15 is 0 Å². The first-order chi connectivity index (χ1) is 10.7. The third kappa shape index (κ3) is 2.87. The number of fused-ring (bicyclic) bond motifs is 1. The van der Waals surface area contributed by atoms with Gasteiger partial charge in [-0.1, -0.05) is 0 Å². The summed E-state index contributed by atoms with van der Waals surface area (Å²) in [6, 6.07) is 5.48. The first kappa shape index (κ1) is 14.7. The summed E-state index contributed by atoms with van der Waals surface area (Å²) in [4.78, 5) is 15.3. The molecule has 3 rings (SSSR count). The molecule has 0 bridgehead atoms. The van der Waals surface area contributed by atoms with Crippen molar-refractivity contribution >= 4 is 16.8 Å². The number of ether oxygens (including phenoxy) is 3. The number of aromatic amines is 1. The van der Waals surface area contributed by atoms with Gasteiger partial charge in [0.1, 0.15) is 5.69 Å². The first-order valence-electron chi connectivity index (χ1n) is 7.36. The zero-order chi connectivity index (χ0) is 15.5. The highest BCUT2D eigenvalue weighted by molar-refractivity contribution is 5.98. The summed E-state index contributed by atoms with van der Waals surface area (Å²) >= 11 is 0. The number of nitrogens with one attached hydrogen (secondary N) is 2. The molecule has 1 aromatic carbocycles. The highest BCUT2D eigenvalue weighted by Crippen LogP contribution is 2.32. The molecule has 118 valence electrons. The molecule has 2 N–H and O–H groups in total. The Morgan fingerprint density at radius 2 is 2.09 bits per heavy atom. The van der Waals surface area contributed by atoms with E-state index in [0.717, 1.165) is 30.4 Å². The van der Waals surface area contributed by atoms with Crippen LogP contribution in [0.15, 0.2) is 18.2 Å². The normalized spacial score (nSPS) is 17.6. The Hall–Kier alpha value is -2.21. The van der Waals surface area contributed by atoms with Crippen molar-refractivity contribution in [1.29, 1.82) is 0 Å². The number of amides is 1. The van der Waals surface area contributed by atoms with Crippen LogP contribution in [-0.2, 0) is 4.74 Å². The van der Waals surface area contributed by atoms with Gasteiger partial charge >= 0.3 is 0 Å². The lowest BCUT2D eigenvalue weighted by molar-refractivity contribution is 0.0854. The minimum atomic E-state index is -0.135. The van der Waals surface area contributed by atoms with E-state index in [-0.39, 0.29) is 12.0 Å². The van der Waals surface area contributed by atoms with Gasteiger partial charge in [-0.3, -0.25) is 4.79 Å². The Morgan fingerprint density at radius 1 is 1.32 bits per heavy atom. The minimum absolute atomic E-state index is 0.133. The summed E-state index contributed by atoms with van der Waals surface area (Å²) < 4.78 is 16.0. The van der Waals surface area contributed by atoms with E-state index in [1.165, 1.54) is 0 Å². The quantitative estimate of drug-likeness (QED) is 0.887. The fraction of sp³-hybridized carbons (Fsp3) is 0.438. The molecule has 6 heteroatoms. The number of methoxy groups -OCH3 is 2. The molecule has 1 amide bonds. The van der Waals surface area contributed by atoms with Crippen LogP contribution in [0.5, 0.6) is 11.5 Å². The van der Waals surface area contributed by atoms with Crippen LogP contribution >= 0.6 is 0 Å². The Balaban J connectivity index is 1.77. The summed E-state index contributed by atoms with van der Waals surface area (Å²) in [5.41, 5.74) is 1.35. The number of rotatable bonds is 5. The van der Waals surface area contributed by atoms with Crippen molar-refractivity contribution in [2.45, 2.75) is 18.9 Å². The van der Waals surface area contributed by atoms with E-state index in [1.54, 1.807) is 14.2 Å². The monoisotopic (exact) mass is 304 g/mol. The molecule has 1 fully saturated rings. The summed E-state index contributed by atoms with van der Waals surface area (Å²) in [6.07, 6.45) is 2.20. The number of benzene rings is 1. The van der Waals surface area contributed by atoms with Gasteiger partial charge in [-0.25, -0.2) is 0 Å². The van der Waals surface area contributed by atoms with Gasteiger partial charge in [0.15, 0.2) is 11.5 Å². The molecular formula is C16H20N2O4. The number of H-pyrrole nitrogens is 1. The van der Waals surface area contributed by atoms with Gasteiger partial charge < -0.3 is 24.5 Å². The largest absolute Gasteiger partial charge is 0.493 e. The summed E-state index contributed by atoms with van der Waals surface area (Å²) in [5, 5.41) is 3.80. The van der Waals surface area contributed by atoms with Crippen molar-refractivity contribution in [3.8, 4) is 11.5 Å². The highest BCUT2D eigenvalue weighted by Gasteiger charge is 2.18. The van der Waals surface area contributed by atoms with Crippen LogP contribution < -0.4 is 14.8 Å². The first-order valence-corrected chi connectivity index (χ1v) is 7.36. The third-order valence-electron chi connectivity index (χ3n) is 3.88. The lowest BCUT2D eigenvalue weighted by Crippen LogP contribution is -2.31. The Labute approximate surface area is 128 Å². The third-order valence-corrected chi connectivity index (χ3v) is 3.88. The maximum absolute atomic E-state index is 12.2. The second-order valence-electron chi connectivity index (χ2n) is 5.32. The molecule has 1 aliphatic heterocycles. The van der Waals surface area contributed by atoms with Crippen molar-refractivity contribution in [1.82, 2.24) is 10.3 Å². The molecule has 1 saturated heterocycles. The number of carbonyl (C=O) groups is 1. The van der Waals surface area contributed by atoms with Crippen LogP contribution in [0.4, 0.5) is 0 Å². The smallest absolute Gasteiger partial charge is 0.267 e. The second kappa shape index (κ2) is 6.27. The van der Waals surface area contributed by atoms with Crippen LogP contribution in [0.3, 0.4) is 0 Å². The van der Waals surface area contributed by atoms with E-state index in [9.17, 15) is 4.79 Å². The van der Waals surface area contributed by atoms with Gasteiger partial charge in [0, 0.05) is 30.1 Å². The molecule has 1 atom stereocenters. The lowest BCUT2D eigenvalue weighted by Gasteiger charge is -2.09. The van der Waals surface area contributed by atoms with Gasteiger partial charge in [0.2, 0.25) is 0 Å². The minimum Gasteiger partial charge on any atom is -0.493 e. The SMILES string of the molecule is COc1cc2cc(C(=O)NC[C@@H]3CCCO3)[nH]c2cc1OC. The number of aromatic nitrogens is 1. The Kier molecular flexibility index (Phi) is 4.20. The zero-order valence-electron chi connectivity index (χ0n) is 12.8. The van der Waals surface area contributed by atoms with E-state index in [2.05, 4.69) is 10.3 Å². The van der Waals surface area contributed by atoms with E-state index in [1.807, 2.05) is 18.2 Å². The van der Waals surface area contributed by atoms with Gasteiger partial charge in [-0.05, 0) is 25.0 Å². The van der Waals surface area contributed by atoms with Crippen molar-refractivity contribution < 1.29 is 19.0 Å². The average Bonchev–Trinajstić information content (AvgIpc) is 3.19. The maximum Gasteiger partial charge on any atom is 0.267 e. The topological polar surface area (TPSA) is 72.6 Å². The highest BCUT2D eigenvalue weighted by atomic mass is 16.5. The van der Waals surface area contributed by atoms with Gasteiger partial charge in [0.25, 0.3) is 5.91 Å². The van der Waals surface area contributed by atoms with Crippen LogP contribution in [0.25, 0.3) is 10.9 Å². The van der Waals surface area contributed by atoms with Crippen LogP contribution in [0, 0.1) is 0 Å². The summed E-state index contributed by atoms with van der Waals surface area (Å²) in [6.45, 7) is 1.33. The summed E-state index contributed by atoms with van der Waals surface area (Å²) in [7, 11) is 3.17. The van der Waals surface area contributed by atoms with Crippen LogP contribution in [0.2, 0.25) is 0 Å². The fourth-order valence-electron chi connectivity index (χ4n) is 2.69. The second-order valence-corrected chi connectivity index (χ2v) is 5.32. The summed E-state index contributed by atoms with van der Waals surface area (Å²) in [5.74, 6) is 1.13. The molecule has 0 radical (unpaired) electrons. The van der Waals surface area contributed by atoms with Gasteiger partial charge in [-0.2, -0.15) is 0 Å². The average molecular weight is 304 g/mol. The molecule has 6 nitrogen and oxygen atoms in total. The van der Waals surface area contributed by atoms with E-state index < -0.39 is 0 Å². The molecule has 0 unspecified atom stereocenters. The fourth-order valence-corrected chi connectivity index (χ4v) is 2.69. The predicted octanol–water partition coefficient (Wildman–Crippen LogP) is 2.09. The maximum atomic E-state index is 12.2. The van der Waals surface area contributed by atoms with Crippen molar-refractivity contribution in [3.05, 3.63) is 23.9 Å². The number of hydrogen-bond donors (Lipinski definition) is 2. The molecule has 0 aliphatic carbocycles. The number of hydrogen-bond acceptors (Lipinski definition) is 4. The molecule has 2 aromatic rings. The Morgan fingerprint density at radius 3 is 2.77 bits per heavy atom. The van der Waals surface area contributed by atoms with Crippen LogP contribution in [-0.4, -0.2) is 44.4 Å². The van der Waals surface area contributed by atoms with E-state index in [0.29, 0.717) is 23.7 Å². The number of carbonyl (C=O) groups excluding carboxylic acids is 1. The molecule has 22 heavy (non-hydrogen) atoms. The van der Waals surface area contributed by atoms with Crippen molar-refractivity contribution in [2.24, 2.45) is 0 Å². The van der Waals surface area contributed by atoms with Crippen molar-refractivity contribution in [2.75, 3.05) is 27.4 Å². The van der Waals surface area contributed by atoms with Crippen LogP contribution in [0.1, 0.15) is 23.3 Å². The zero-order valence-corrected chi connectivity index (χ0v) is 12.8. The molecule has 0 spiro atoms.